The van der Waals surface area contributed by atoms with Crippen LogP contribution in [-0.2, 0) is 14.3 Å². The monoisotopic (exact) mass is 414 g/mol. The highest BCUT2D eigenvalue weighted by Gasteiger charge is 2.18. The number of benzene rings is 2. The van der Waals surface area contributed by atoms with Gasteiger partial charge in [0.05, 0.1) is 12.5 Å². The second-order valence-corrected chi connectivity index (χ2v) is 6.96. The second kappa shape index (κ2) is 10.5. The van der Waals surface area contributed by atoms with Gasteiger partial charge >= 0.3 is 5.97 Å². The predicted molar refractivity (Wildman–Crippen MR) is 111 cm³/mol. The van der Waals surface area contributed by atoms with E-state index >= 15 is 0 Å². The Bertz CT molecular complexity index is 917. The van der Waals surface area contributed by atoms with E-state index in [9.17, 15) is 9.59 Å². The van der Waals surface area contributed by atoms with E-state index in [-0.39, 0.29) is 19.6 Å². The number of aryl methyl sites for hydroxylation is 3. The molecule has 0 fully saturated rings. The number of carbonyl (C=O) groups is 2. The van der Waals surface area contributed by atoms with Crippen molar-refractivity contribution in [2.45, 2.75) is 27.2 Å². The zero-order valence-corrected chi connectivity index (χ0v) is 17.5. The highest BCUT2D eigenvalue weighted by Crippen LogP contribution is 2.24. The van der Waals surface area contributed by atoms with Gasteiger partial charge in [-0.05, 0) is 55.7 Å². The van der Waals surface area contributed by atoms with Crippen molar-refractivity contribution in [3.8, 4) is 11.8 Å². The molecule has 0 radical (unpaired) electrons. The zero-order valence-electron chi connectivity index (χ0n) is 16.7. The molecule has 0 aromatic heterocycles. The molecule has 0 aliphatic heterocycles. The number of rotatable bonds is 8. The van der Waals surface area contributed by atoms with Crippen LogP contribution in [0.5, 0.6) is 5.75 Å². The molecular formula is C22H23ClN2O4. The van der Waals surface area contributed by atoms with Gasteiger partial charge in [-0.25, -0.2) is 4.79 Å². The van der Waals surface area contributed by atoms with Crippen LogP contribution in [0.3, 0.4) is 0 Å². The number of hydrogen-bond acceptors (Lipinski definition) is 5. The summed E-state index contributed by atoms with van der Waals surface area (Å²) < 4.78 is 10.6. The van der Waals surface area contributed by atoms with Crippen molar-refractivity contribution in [3.63, 3.8) is 0 Å². The molecule has 2 rings (SSSR count). The van der Waals surface area contributed by atoms with Crippen LogP contribution in [0.4, 0.5) is 5.69 Å². The van der Waals surface area contributed by atoms with Crippen LogP contribution in [0.1, 0.15) is 23.1 Å². The third-order valence-corrected chi connectivity index (χ3v) is 4.73. The van der Waals surface area contributed by atoms with Crippen LogP contribution in [-0.4, -0.2) is 31.6 Å². The first-order valence-electron chi connectivity index (χ1n) is 9.11. The normalized spacial score (nSPS) is 10.2. The molecule has 0 atom stereocenters. The van der Waals surface area contributed by atoms with Crippen molar-refractivity contribution in [1.82, 2.24) is 0 Å². The summed E-state index contributed by atoms with van der Waals surface area (Å²) in [5, 5.41) is 9.45. The number of nitriles is 1. The van der Waals surface area contributed by atoms with Crippen LogP contribution in [0, 0.1) is 32.1 Å². The van der Waals surface area contributed by atoms with Crippen LogP contribution >= 0.6 is 11.6 Å². The Morgan fingerprint density at radius 2 is 1.76 bits per heavy atom. The minimum absolute atomic E-state index is 0.150. The highest BCUT2D eigenvalue weighted by atomic mass is 35.5. The van der Waals surface area contributed by atoms with Crippen molar-refractivity contribution in [1.29, 1.82) is 5.26 Å². The van der Waals surface area contributed by atoms with Crippen LogP contribution in [0.15, 0.2) is 36.4 Å². The van der Waals surface area contributed by atoms with E-state index in [1.165, 1.54) is 4.90 Å². The first-order chi connectivity index (χ1) is 13.8. The number of nitrogens with zero attached hydrogens (tertiary/aromatic N) is 2. The van der Waals surface area contributed by atoms with Gasteiger partial charge < -0.3 is 14.4 Å². The van der Waals surface area contributed by atoms with Crippen molar-refractivity contribution in [2.75, 3.05) is 24.7 Å². The quantitative estimate of drug-likeness (QED) is 0.606. The summed E-state index contributed by atoms with van der Waals surface area (Å²) in [6, 6.07) is 12.8. The van der Waals surface area contributed by atoms with Gasteiger partial charge in [0.2, 0.25) is 0 Å². The number of carbonyl (C=O) groups excluding carboxylic acids is 2. The maximum Gasteiger partial charge on any atom is 0.344 e. The molecule has 0 aliphatic carbocycles. The molecule has 0 saturated carbocycles. The van der Waals surface area contributed by atoms with Gasteiger partial charge in [-0.3, -0.25) is 4.79 Å². The molecular weight excluding hydrogens is 392 g/mol. The van der Waals surface area contributed by atoms with E-state index in [1.807, 2.05) is 45.0 Å². The average molecular weight is 415 g/mol. The molecule has 29 heavy (non-hydrogen) atoms. The Balaban J connectivity index is 1.97. The van der Waals surface area contributed by atoms with Crippen LogP contribution < -0.4 is 9.64 Å². The van der Waals surface area contributed by atoms with Crippen molar-refractivity contribution in [3.05, 3.63) is 58.1 Å². The average Bonchev–Trinajstić information content (AvgIpc) is 2.69. The predicted octanol–water partition coefficient (Wildman–Crippen LogP) is 4.13. The number of anilines is 1. The van der Waals surface area contributed by atoms with E-state index < -0.39 is 18.5 Å². The summed E-state index contributed by atoms with van der Waals surface area (Å²) in [5.41, 5.74) is 3.22. The van der Waals surface area contributed by atoms with Gasteiger partial charge in [0.15, 0.2) is 13.2 Å². The van der Waals surface area contributed by atoms with E-state index in [0.717, 1.165) is 16.7 Å². The van der Waals surface area contributed by atoms with E-state index in [1.54, 1.807) is 18.2 Å². The minimum Gasteiger partial charge on any atom is -0.481 e. The smallest absolute Gasteiger partial charge is 0.344 e. The summed E-state index contributed by atoms with van der Waals surface area (Å²) in [7, 11) is 0. The fourth-order valence-corrected chi connectivity index (χ4v) is 2.89. The number of halogens is 1. The molecule has 6 nitrogen and oxygen atoms in total. The van der Waals surface area contributed by atoms with Gasteiger partial charge in [0.1, 0.15) is 5.75 Å². The lowest BCUT2D eigenvalue weighted by Crippen LogP contribution is -2.36. The lowest BCUT2D eigenvalue weighted by atomic mass is 10.1. The summed E-state index contributed by atoms with van der Waals surface area (Å²) in [6.45, 7) is 5.05. The van der Waals surface area contributed by atoms with E-state index in [0.29, 0.717) is 16.5 Å². The SMILES string of the molecule is Cc1cc(N(CCC#N)C(=O)COC(=O)COc2c(C)cccc2C)ccc1Cl. The lowest BCUT2D eigenvalue weighted by Gasteiger charge is -2.22. The summed E-state index contributed by atoms with van der Waals surface area (Å²) in [5.74, 6) is -0.445. The standard InChI is InChI=1S/C22H23ClN2O4/c1-15-6-4-7-16(2)22(15)29-14-21(27)28-13-20(26)25(11-5-10-24)18-8-9-19(23)17(3)12-18/h4,6-9,12H,5,11,13-14H2,1-3H3. The van der Waals surface area contributed by atoms with Gasteiger partial charge in [-0.2, -0.15) is 5.26 Å². The minimum atomic E-state index is -0.645. The van der Waals surface area contributed by atoms with Crippen LogP contribution in [0.25, 0.3) is 0 Å². The largest absolute Gasteiger partial charge is 0.481 e. The van der Waals surface area contributed by atoms with Gasteiger partial charge in [0, 0.05) is 17.3 Å². The molecule has 0 N–H and O–H groups in total. The Morgan fingerprint density at radius 1 is 1.07 bits per heavy atom. The van der Waals surface area contributed by atoms with E-state index in [4.69, 9.17) is 26.3 Å². The molecule has 0 spiro atoms. The van der Waals surface area contributed by atoms with Crippen molar-refractivity contribution >= 4 is 29.2 Å². The molecule has 0 aliphatic rings. The second-order valence-electron chi connectivity index (χ2n) is 6.56. The molecule has 0 heterocycles. The highest BCUT2D eigenvalue weighted by molar-refractivity contribution is 6.31. The topological polar surface area (TPSA) is 79.6 Å². The molecule has 1 amide bonds. The first-order valence-corrected chi connectivity index (χ1v) is 9.49. The number of ether oxygens (including phenoxy) is 2. The maximum absolute atomic E-state index is 12.6. The fraction of sp³-hybridized carbons (Fsp3) is 0.318. The number of amides is 1. The summed E-state index contributed by atoms with van der Waals surface area (Å²) in [6.07, 6.45) is 0.150. The molecule has 0 unspecified atom stereocenters. The van der Waals surface area contributed by atoms with Gasteiger partial charge in [-0.15, -0.1) is 0 Å². The van der Waals surface area contributed by atoms with Crippen molar-refractivity contribution in [2.24, 2.45) is 0 Å². The van der Waals surface area contributed by atoms with Gasteiger partial charge in [0.25, 0.3) is 5.91 Å². The van der Waals surface area contributed by atoms with E-state index in [2.05, 4.69) is 0 Å². The Labute approximate surface area is 175 Å². The van der Waals surface area contributed by atoms with Gasteiger partial charge in [-0.1, -0.05) is 29.8 Å². The third kappa shape index (κ3) is 6.23. The molecule has 2 aromatic carbocycles. The molecule has 0 saturated heterocycles. The van der Waals surface area contributed by atoms with Crippen molar-refractivity contribution < 1.29 is 19.1 Å². The Hall–Kier alpha value is -3.04. The third-order valence-electron chi connectivity index (χ3n) is 4.30. The molecule has 0 bridgehead atoms. The Morgan fingerprint density at radius 3 is 2.38 bits per heavy atom. The number of hydrogen-bond donors (Lipinski definition) is 0. The lowest BCUT2D eigenvalue weighted by molar-refractivity contribution is -0.149. The Kier molecular flexibility index (Phi) is 8.05. The maximum atomic E-state index is 12.6. The molecule has 152 valence electrons. The number of para-hydroxylation sites is 1. The first kappa shape index (κ1) is 22.3. The number of esters is 1. The van der Waals surface area contributed by atoms with Crippen LogP contribution in [0.2, 0.25) is 5.02 Å². The summed E-state index contributed by atoms with van der Waals surface area (Å²) in [4.78, 5) is 26.0. The molecule has 7 heteroatoms. The zero-order chi connectivity index (χ0) is 21.4. The summed E-state index contributed by atoms with van der Waals surface area (Å²) >= 11 is 6.04. The molecule has 2 aromatic rings. The fourth-order valence-electron chi connectivity index (χ4n) is 2.78.